The van der Waals surface area contributed by atoms with Gasteiger partial charge in [-0.15, -0.1) is 0 Å². The van der Waals surface area contributed by atoms with E-state index >= 15 is 0 Å². The number of nitrogens with one attached hydrogen (secondary N) is 2. The number of methoxy groups -OCH3 is 1. The van der Waals surface area contributed by atoms with Crippen molar-refractivity contribution in [2.24, 2.45) is 10.2 Å². The number of nitro groups is 2. The maximum absolute atomic E-state index is 10.8. The molecule has 0 bridgehead atoms. The monoisotopic (exact) mass is 437 g/mol. The number of rotatable bonds is 9. The summed E-state index contributed by atoms with van der Waals surface area (Å²) in [6, 6.07) is 11.8. The lowest BCUT2D eigenvalue weighted by Crippen LogP contribution is -2.05. The van der Waals surface area contributed by atoms with Gasteiger partial charge in [-0.05, 0) is 0 Å². The Morgan fingerprint density at radius 2 is 1.31 bits per heavy atom. The molecule has 14 heteroatoms. The highest BCUT2D eigenvalue weighted by Crippen LogP contribution is 2.14. The SMILES string of the molecule is COc1nc(N/N=C/c2cccc([N+](=O)[O-])c2)nc(N/N=C/c2cccc([N+](=O)[O-])c2)n1. The second kappa shape index (κ2) is 10.1. The van der Waals surface area contributed by atoms with E-state index < -0.39 is 9.85 Å². The van der Waals surface area contributed by atoms with E-state index in [4.69, 9.17) is 4.74 Å². The average molecular weight is 437 g/mol. The summed E-state index contributed by atoms with van der Waals surface area (Å²) in [4.78, 5) is 32.7. The fourth-order valence-electron chi connectivity index (χ4n) is 2.31. The maximum Gasteiger partial charge on any atom is 0.322 e. The number of hydrogen-bond donors (Lipinski definition) is 2. The van der Waals surface area contributed by atoms with Crippen LogP contribution in [0.5, 0.6) is 6.01 Å². The minimum atomic E-state index is -0.506. The van der Waals surface area contributed by atoms with Crippen molar-refractivity contribution < 1.29 is 14.6 Å². The Morgan fingerprint density at radius 3 is 1.72 bits per heavy atom. The fourth-order valence-corrected chi connectivity index (χ4v) is 2.31. The number of anilines is 2. The molecule has 2 N–H and O–H groups in total. The van der Waals surface area contributed by atoms with E-state index in [-0.39, 0.29) is 29.3 Å². The molecule has 3 aromatic rings. The van der Waals surface area contributed by atoms with Gasteiger partial charge in [0.2, 0.25) is 0 Å². The van der Waals surface area contributed by atoms with Crippen LogP contribution in [-0.4, -0.2) is 44.3 Å². The van der Waals surface area contributed by atoms with Crippen molar-refractivity contribution in [1.29, 1.82) is 0 Å². The Labute approximate surface area is 180 Å². The van der Waals surface area contributed by atoms with Crippen LogP contribution >= 0.6 is 0 Å². The van der Waals surface area contributed by atoms with Crippen LogP contribution in [0.3, 0.4) is 0 Å². The largest absolute Gasteiger partial charge is 0.467 e. The van der Waals surface area contributed by atoms with Gasteiger partial charge < -0.3 is 4.74 Å². The van der Waals surface area contributed by atoms with E-state index in [0.29, 0.717) is 11.1 Å². The quantitative estimate of drug-likeness (QED) is 0.286. The molecule has 0 saturated heterocycles. The lowest BCUT2D eigenvalue weighted by Gasteiger charge is -2.04. The highest BCUT2D eigenvalue weighted by Gasteiger charge is 2.07. The van der Waals surface area contributed by atoms with Gasteiger partial charge in [0.05, 0.1) is 29.4 Å². The first-order chi connectivity index (χ1) is 15.4. The summed E-state index contributed by atoms with van der Waals surface area (Å²) in [7, 11) is 1.36. The molecule has 2 aromatic carbocycles. The van der Waals surface area contributed by atoms with Crippen LogP contribution in [0.25, 0.3) is 0 Å². The van der Waals surface area contributed by atoms with Crippen molar-refractivity contribution >= 4 is 35.7 Å². The predicted octanol–water partition coefficient (Wildman–Crippen LogP) is 2.59. The van der Waals surface area contributed by atoms with Crippen LogP contribution in [0.4, 0.5) is 23.3 Å². The molecule has 1 aromatic heterocycles. The van der Waals surface area contributed by atoms with E-state index in [2.05, 4.69) is 36.0 Å². The Kier molecular flexibility index (Phi) is 6.88. The third-order valence-electron chi connectivity index (χ3n) is 3.72. The molecule has 0 spiro atoms. The van der Waals surface area contributed by atoms with Crippen molar-refractivity contribution in [2.45, 2.75) is 0 Å². The van der Waals surface area contributed by atoms with Crippen molar-refractivity contribution in [3.63, 3.8) is 0 Å². The van der Waals surface area contributed by atoms with Gasteiger partial charge in [0, 0.05) is 35.4 Å². The van der Waals surface area contributed by atoms with Gasteiger partial charge in [-0.1, -0.05) is 24.3 Å². The Bertz CT molecular complexity index is 1110. The van der Waals surface area contributed by atoms with Gasteiger partial charge in [0.25, 0.3) is 23.3 Å². The molecule has 0 atom stereocenters. The molecule has 3 rings (SSSR count). The Morgan fingerprint density at radius 1 is 0.844 bits per heavy atom. The highest BCUT2D eigenvalue weighted by molar-refractivity contribution is 5.81. The van der Waals surface area contributed by atoms with Gasteiger partial charge in [-0.3, -0.25) is 20.2 Å². The zero-order valence-corrected chi connectivity index (χ0v) is 16.4. The number of ether oxygens (including phenoxy) is 1. The predicted molar refractivity (Wildman–Crippen MR) is 115 cm³/mol. The number of nitro benzene ring substituents is 2. The number of benzene rings is 2. The van der Waals surface area contributed by atoms with Crippen LogP contribution in [0.1, 0.15) is 11.1 Å². The van der Waals surface area contributed by atoms with Gasteiger partial charge in [0.1, 0.15) is 0 Å². The summed E-state index contributed by atoms with van der Waals surface area (Å²) >= 11 is 0. The molecule has 0 aliphatic carbocycles. The van der Waals surface area contributed by atoms with Crippen LogP contribution in [0.2, 0.25) is 0 Å². The maximum atomic E-state index is 10.8. The van der Waals surface area contributed by atoms with Crippen LogP contribution in [0, 0.1) is 20.2 Å². The molecular weight excluding hydrogens is 422 g/mol. The molecule has 0 aliphatic rings. The zero-order valence-electron chi connectivity index (χ0n) is 16.4. The first-order valence-corrected chi connectivity index (χ1v) is 8.82. The smallest absolute Gasteiger partial charge is 0.322 e. The molecule has 32 heavy (non-hydrogen) atoms. The van der Waals surface area contributed by atoms with Gasteiger partial charge in [0.15, 0.2) is 0 Å². The number of aromatic nitrogens is 3. The summed E-state index contributed by atoms with van der Waals surface area (Å²) in [6.45, 7) is 0. The summed E-state index contributed by atoms with van der Waals surface area (Å²) in [6.07, 6.45) is 2.72. The van der Waals surface area contributed by atoms with E-state index in [9.17, 15) is 20.2 Å². The number of nitrogens with zero attached hydrogens (tertiary/aromatic N) is 7. The topological polar surface area (TPSA) is 183 Å². The molecule has 14 nitrogen and oxygen atoms in total. The van der Waals surface area contributed by atoms with Crippen LogP contribution in [-0.2, 0) is 0 Å². The standard InChI is InChI=1S/C18H15N9O5/c1-32-18-22-16(24-19-10-12-4-2-6-14(8-12)26(28)29)21-17(23-18)25-20-11-13-5-3-7-15(9-13)27(30)31/h2-11H,1H3,(H2,21,22,23,24,25)/b19-10+,20-11+. The molecule has 1 heterocycles. The third kappa shape index (κ3) is 5.99. The van der Waals surface area contributed by atoms with E-state index in [1.165, 1.54) is 55.9 Å². The van der Waals surface area contributed by atoms with Crippen molar-refractivity contribution in [1.82, 2.24) is 15.0 Å². The molecule has 0 aliphatic heterocycles. The van der Waals surface area contributed by atoms with Crippen molar-refractivity contribution in [2.75, 3.05) is 18.0 Å². The molecular formula is C18H15N9O5. The number of hydrazone groups is 2. The Hall–Kier alpha value is -5.01. The number of non-ortho nitro benzene ring substituents is 2. The first kappa shape index (κ1) is 21.7. The highest BCUT2D eigenvalue weighted by atomic mass is 16.6. The Balaban J connectivity index is 1.70. The van der Waals surface area contributed by atoms with Crippen molar-refractivity contribution in [3.8, 4) is 6.01 Å². The molecule has 162 valence electrons. The second-order valence-corrected chi connectivity index (χ2v) is 5.91. The van der Waals surface area contributed by atoms with Crippen LogP contribution in [0.15, 0.2) is 58.7 Å². The lowest BCUT2D eigenvalue weighted by atomic mass is 10.2. The molecule has 0 amide bonds. The summed E-state index contributed by atoms with van der Waals surface area (Å²) in [5.41, 5.74) is 6.01. The zero-order chi connectivity index (χ0) is 22.9. The van der Waals surface area contributed by atoms with Gasteiger partial charge in [-0.25, -0.2) is 10.9 Å². The second-order valence-electron chi connectivity index (χ2n) is 5.91. The molecule has 0 saturated carbocycles. The van der Waals surface area contributed by atoms with Crippen LogP contribution < -0.4 is 15.6 Å². The van der Waals surface area contributed by atoms with E-state index in [1.54, 1.807) is 12.1 Å². The normalized spacial score (nSPS) is 10.9. The fraction of sp³-hybridized carbons (Fsp3) is 0.0556. The van der Waals surface area contributed by atoms with Gasteiger partial charge >= 0.3 is 6.01 Å². The summed E-state index contributed by atoms with van der Waals surface area (Å²) in [5, 5.41) is 29.6. The lowest BCUT2D eigenvalue weighted by molar-refractivity contribution is -0.385. The number of hydrogen-bond acceptors (Lipinski definition) is 12. The minimum Gasteiger partial charge on any atom is -0.467 e. The molecule has 0 radical (unpaired) electrons. The van der Waals surface area contributed by atoms with Gasteiger partial charge in [-0.2, -0.15) is 25.2 Å². The third-order valence-corrected chi connectivity index (χ3v) is 3.72. The van der Waals surface area contributed by atoms with E-state index in [0.717, 1.165) is 0 Å². The summed E-state index contributed by atoms with van der Waals surface area (Å²) in [5.74, 6) is 0.0400. The van der Waals surface area contributed by atoms with Crippen molar-refractivity contribution in [3.05, 3.63) is 79.9 Å². The molecule has 0 unspecified atom stereocenters. The first-order valence-electron chi connectivity index (χ1n) is 8.82. The average Bonchev–Trinajstić information content (AvgIpc) is 2.79. The minimum absolute atomic E-state index is 0.0200. The van der Waals surface area contributed by atoms with E-state index in [1.807, 2.05) is 0 Å². The summed E-state index contributed by atoms with van der Waals surface area (Å²) < 4.78 is 5.01. The molecule has 0 fully saturated rings.